The van der Waals surface area contributed by atoms with E-state index in [4.69, 9.17) is 11.6 Å². The summed E-state index contributed by atoms with van der Waals surface area (Å²) in [5.41, 5.74) is 1.58. The van der Waals surface area contributed by atoms with Gasteiger partial charge in [-0.2, -0.15) is 0 Å². The van der Waals surface area contributed by atoms with Crippen LogP contribution in [0.15, 0.2) is 54.6 Å². The fourth-order valence-electron chi connectivity index (χ4n) is 2.96. The zero-order valence-electron chi connectivity index (χ0n) is 15.4. The number of rotatable bonds is 6. The lowest BCUT2D eigenvalue weighted by molar-refractivity contribution is 0.169. The molecule has 1 unspecified atom stereocenters. The van der Waals surface area contributed by atoms with Crippen molar-refractivity contribution in [3.63, 3.8) is 0 Å². The second-order valence-corrected chi connectivity index (χ2v) is 7.22. The smallest absolute Gasteiger partial charge is 0.318 e. The van der Waals surface area contributed by atoms with Crippen LogP contribution in [0.1, 0.15) is 51.3 Å². The van der Waals surface area contributed by atoms with Gasteiger partial charge in [0.05, 0.1) is 11.6 Å². The van der Waals surface area contributed by atoms with E-state index >= 15 is 0 Å². The number of urea groups is 1. The van der Waals surface area contributed by atoms with E-state index < -0.39 is 5.54 Å². The summed E-state index contributed by atoms with van der Waals surface area (Å²) in [7, 11) is 0. The molecule has 0 aromatic heterocycles. The number of nitrogens with one attached hydrogen (secondary N) is 1. The van der Waals surface area contributed by atoms with Crippen LogP contribution in [-0.2, 0) is 5.54 Å². The van der Waals surface area contributed by atoms with Crippen molar-refractivity contribution < 1.29 is 4.79 Å². The maximum absolute atomic E-state index is 13.0. The third-order valence-corrected chi connectivity index (χ3v) is 4.81. The molecule has 1 atom stereocenters. The maximum Gasteiger partial charge on any atom is 0.318 e. The SMILES string of the molecule is CCCN(C(=O)NC(C)(C)c1ccccc1)C(C)c1ccccc1Cl. The molecule has 134 valence electrons. The fourth-order valence-corrected chi connectivity index (χ4v) is 3.25. The number of hydrogen-bond donors (Lipinski definition) is 1. The van der Waals surface area contributed by atoms with Crippen LogP contribution in [-0.4, -0.2) is 17.5 Å². The zero-order valence-corrected chi connectivity index (χ0v) is 16.2. The predicted molar refractivity (Wildman–Crippen MR) is 105 cm³/mol. The quantitative estimate of drug-likeness (QED) is 0.699. The van der Waals surface area contributed by atoms with Gasteiger partial charge in [0.15, 0.2) is 0 Å². The van der Waals surface area contributed by atoms with Crippen molar-refractivity contribution in [2.75, 3.05) is 6.54 Å². The van der Waals surface area contributed by atoms with E-state index in [0.29, 0.717) is 11.6 Å². The van der Waals surface area contributed by atoms with Gasteiger partial charge in [-0.05, 0) is 44.4 Å². The van der Waals surface area contributed by atoms with Gasteiger partial charge in [-0.25, -0.2) is 4.79 Å². The largest absolute Gasteiger partial charge is 0.329 e. The van der Waals surface area contributed by atoms with E-state index in [-0.39, 0.29) is 12.1 Å². The third kappa shape index (κ3) is 4.76. The molecule has 0 bridgehead atoms. The van der Waals surface area contributed by atoms with E-state index in [2.05, 4.69) is 12.2 Å². The number of carbonyl (C=O) groups excluding carboxylic acids is 1. The second kappa shape index (κ2) is 8.39. The molecule has 0 heterocycles. The molecule has 0 saturated carbocycles. The van der Waals surface area contributed by atoms with Gasteiger partial charge >= 0.3 is 6.03 Å². The first-order valence-corrected chi connectivity index (χ1v) is 9.13. The first-order valence-electron chi connectivity index (χ1n) is 8.75. The summed E-state index contributed by atoms with van der Waals surface area (Å²) in [5.74, 6) is 0. The molecule has 2 aromatic rings. The van der Waals surface area contributed by atoms with Crippen LogP contribution in [0.2, 0.25) is 5.02 Å². The Morgan fingerprint density at radius 1 is 1.12 bits per heavy atom. The van der Waals surface area contributed by atoms with Crippen molar-refractivity contribution in [1.29, 1.82) is 0 Å². The van der Waals surface area contributed by atoms with Gasteiger partial charge in [0.2, 0.25) is 0 Å². The fraction of sp³-hybridized carbons (Fsp3) is 0.381. The molecule has 0 aliphatic heterocycles. The molecule has 0 spiro atoms. The lowest BCUT2D eigenvalue weighted by Gasteiger charge is -2.35. The standard InChI is InChI=1S/C21H27ClN2O/c1-5-15-24(16(2)18-13-9-10-14-19(18)22)20(25)23-21(3,4)17-11-7-6-8-12-17/h6-14,16H,5,15H2,1-4H3,(H,23,25). The number of halogens is 1. The molecule has 25 heavy (non-hydrogen) atoms. The first kappa shape index (κ1) is 19.3. The Morgan fingerprint density at radius 2 is 1.72 bits per heavy atom. The Balaban J connectivity index is 2.22. The van der Waals surface area contributed by atoms with Gasteiger partial charge in [0.1, 0.15) is 0 Å². The van der Waals surface area contributed by atoms with Crippen LogP contribution in [0.4, 0.5) is 4.79 Å². The van der Waals surface area contributed by atoms with Gasteiger partial charge < -0.3 is 10.2 Å². The molecule has 1 N–H and O–H groups in total. The minimum absolute atomic E-state index is 0.0804. The summed E-state index contributed by atoms with van der Waals surface area (Å²) >= 11 is 6.34. The van der Waals surface area contributed by atoms with Crippen LogP contribution in [0.5, 0.6) is 0 Å². The summed E-state index contributed by atoms with van der Waals surface area (Å²) in [5, 5.41) is 3.86. The normalized spacial score (nSPS) is 12.5. The van der Waals surface area contributed by atoms with Crippen molar-refractivity contribution in [1.82, 2.24) is 10.2 Å². The molecule has 2 rings (SSSR count). The molecule has 0 saturated heterocycles. The van der Waals surface area contributed by atoms with Crippen molar-refractivity contribution in [3.8, 4) is 0 Å². The van der Waals surface area contributed by atoms with Crippen molar-refractivity contribution in [3.05, 3.63) is 70.7 Å². The lowest BCUT2D eigenvalue weighted by Crippen LogP contribution is -2.49. The highest BCUT2D eigenvalue weighted by Gasteiger charge is 2.28. The van der Waals surface area contributed by atoms with Crippen LogP contribution < -0.4 is 5.32 Å². The number of hydrogen-bond acceptors (Lipinski definition) is 1. The van der Waals surface area contributed by atoms with Crippen LogP contribution in [0, 0.1) is 0 Å². The highest BCUT2D eigenvalue weighted by atomic mass is 35.5. The molecule has 0 fully saturated rings. The van der Waals surface area contributed by atoms with Crippen LogP contribution >= 0.6 is 11.6 Å². The Hall–Kier alpha value is -2.00. The van der Waals surface area contributed by atoms with Crippen LogP contribution in [0.3, 0.4) is 0 Å². The Bertz CT molecular complexity index is 700. The van der Waals surface area contributed by atoms with E-state index in [1.165, 1.54) is 0 Å². The van der Waals surface area contributed by atoms with Crippen LogP contribution in [0.25, 0.3) is 0 Å². The lowest BCUT2D eigenvalue weighted by atomic mass is 9.94. The minimum Gasteiger partial charge on any atom is -0.329 e. The van der Waals surface area contributed by atoms with E-state index in [0.717, 1.165) is 17.5 Å². The molecule has 4 heteroatoms. The zero-order chi connectivity index (χ0) is 18.4. The van der Waals surface area contributed by atoms with Gasteiger partial charge in [-0.3, -0.25) is 0 Å². The molecule has 2 amide bonds. The van der Waals surface area contributed by atoms with Crippen molar-refractivity contribution >= 4 is 17.6 Å². The molecule has 0 aliphatic rings. The second-order valence-electron chi connectivity index (χ2n) is 6.81. The predicted octanol–water partition coefficient (Wildman–Crippen LogP) is 5.76. The van der Waals surface area contributed by atoms with Gasteiger partial charge in [-0.15, -0.1) is 0 Å². The summed E-state index contributed by atoms with van der Waals surface area (Å²) < 4.78 is 0. The molecule has 2 aromatic carbocycles. The average molecular weight is 359 g/mol. The summed E-state index contributed by atoms with van der Waals surface area (Å²) in [6.45, 7) is 8.80. The number of nitrogens with zero attached hydrogens (tertiary/aromatic N) is 1. The topological polar surface area (TPSA) is 32.3 Å². The molecule has 0 aliphatic carbocycles. The Morgan fingerprint density at radius 3 is 2.32 bits per heavy atom. The Labute approximate surface area is 156 Å². The van der Waals surface area contributed by atoms with E-state index in [1.807, 2.05) is 80.3 Å². The molecule has 3 nitrogen and oxygen atoms in total. The molecular weight excluding hydrogens is 332 g/mol. The summed E-state index contributed by atoms with van der Waals surface area (Å²) in [6, 6.07) is 17.5. The molecular formula is C21H27ClN2O. The van der Waals surface area contributed by atoms with E-state index in [9.17, 15) is 4.79 Å². The maximum atomic E-state index is 13.0. The van der Waals surface area contributed by atoms with Gasteiger partial charge in [0.25, 0.3) is 0 Å². The van der Waals surface area contributed by atoms with E-state index in [1.54, 1.807) is 0 Å². The number of benzene rings is 2. The minimum atomic E-state index is -0.454. The first-order chi connectivity index (χ1) is 11.9. The van der Waals surface area contributed by atoms with Crippen molar-refractivity contribution in [2.45, 2.75) is 45.7 Å². The van der Waals surface area contributed by atoms with Gasteiger partial charge in [0, 0.05) is 11.6 Å². The average Bonchev–Trinajstić information content (AvgIpc) is 2.60. The number of amides is 2. The van der Waals surface area contributed by atoms with Gasteiger partial charge in [-0.1, -0.05) is 67.1 Å². The monoisotopic (exact) mass is 358 g/mol. The highest BCUT2D eigenvalue weighted by Crippen LogP contribution is 2.28. The third-order valence-electron chi connectivity index (χ3n) is 4.46. The van der Waals surface area contributed by atoms with Crippen molar-refractivity contribution in [2.24, 2.45) is 0 Å². The molecule has 0 radical (unpaired) electrons. The summed E-state index contributed by atoms with van der Waals surface area (Å²) in [4.78, 5) is 14.9. The Kier molecular flexibility index (Phi) is 6.49. The number of carbonyl (C=O) groups is 1. The highest BCUT2D eigenvalue weighted by molar-refractivity contribution is 6.31. The summed E-state index contributed by atoms with van der Waals surface area (Å²) in [6.07, 6.45) is 0.883.